The molecule has 0 fully saturated rings. The fourth-order valence-corrected chi connectivity index (χ4v) is 1.74. The van der Waals surface area contributed by atoms with E-state index in [0.29, 0.717) is 5.69 Å². The average Bonchev–Trinajstić information content (AvgIpc) is 2.38. The number of aliphatic hydroxyl groups excluding tert-OH is 1. The summed E-state index contributed by atoms with van der Waals surface area (Å²) >= 11 is 0. The van der Waals surface area contributed by atoms with Crippen LogP contribution in [-0.2, 0) is 11.2 Å². The number of hydrogen-bond donors (Lipinski definition) is 4. The highest BCUT2D eigenvalue weighted by Crippen LogP contribution is 2.11. The molecule has 0 aliphatic carbocycles. The number of carbonyl (C=O) groups excluding carboxylic acids is 1. The Kier molecular flexibility index (Phi) is 5.99. The second-order valence-corrected chi connectivity index (χ2v) is 4.60. The number of carboxylic acids is 1. The van der Waals surface area contributed by atoms with Crippen LogP contribution in [0.4, 0.5) is 10.5 Å². The van der Waals surface area contributed by atoms with E-state index in [-0.39, 0.29) is 0 Å². The molecule has 0 aliphatic rings. The van der Waals surface area contributed by atoms with Crippen LogP contribution >= 0.6 is 0 Å². The van der Waals surface area contributed by atoms with Crippen LogP contribution < -0.4 is 10.6 Å². The summed E-state index contributed by atoms with van der Waals surface area (Å²) in [5, 5.41) is 22.9. The molecule has 0 saturated carbocycles. The molecule has 20 heavy (non-hydrogen) atoms. The fraction of sp³-hybridized carbons (Fsp3) is 0.429. The molecule has 2 unspecified atom stereocenters. The van der Waals surface area contributed by atoms with Crippen molar-refractivity contribution < 1.29 is 19.8 Å². The number of benzene rings is 1. The number of aliphatic hydroxyl groups is 1. The summed E-state index contributed by atoms with van der Waals surface area (Å²) in [6.45, 7) is 3.39. The number of rotatable bonds is 6. The molecule has 0 heterocycles. The molecule has 1 rings (SSSR count). The maximum absolute atomic E-state index is 11.6. The third kappa shape index (κ3) is 4.89. The minimum atomic E-state index is -1.34. The van der Waals surface area contributed by atoms with Crippen LogP contribution in [0.25, 0.3) is 0 Å². The molecule has 2 amide bonds. The maximum atomic E-state index is 11.6. The maximum Gasteiger partial charge on any atom is 0.328 e. The molecular weight excluding hydrogens is 260 g/mol. The van der Waals surface area contributed by atoms with Crippen molar-refractivity contribution in [2.24, 2.45) is 0 Å². The van der Waals surface area contributed by atoms with Gasteiger partial charge in [0.2, 0.25) is 0 Å². The smallest absolute Gasteiger partial charge is 0.328 e. The minimum Gasteiger partial charge on any atom is -0.480 e. The third-order valence-corrected chi connectivity index (χ3v) is 2.79. The van der Waals surface area contributed by atoms with Gasteiger partial charge in [0, 0.05) is 5.69 Å². The first-order valence-electron chi connectivity index (χ1n) is 6.51. The lowest BCUT2D eigenvalue weighted by atomic mass is 10.1. The SMILES string of the molecule is CCCc1ccc(NC(=O)NC(C(=O)O)C(C)O)cc1. The van der Waals surface area contributed by atoms with E-state index in [0.717, 1.165) is 12.8 Å². The highest BCUT2D eigenvalue weighted by atomic mass is 16.4. The van der Waals surface area contributed by atoms with Gasteiger partial charge in [0.25, 0.3) is 0 Å². The molecule has 1 aromatic carbocycles. The molecule has 0 aromatic heterocycles. The number of aliphatic carboxylic acids is 1. The van der Waals surface area contributed by atoms with Crippen LogP contribution in [0.3, 0.4) is 0 Å². The van der Waals surface area contributed by atoms with Crippen LogP contribution in [-0.4, -0.2) is 34.4 Å². The van der Waals surface area contributed by atoms with E-state index in [1.165, 1.54) is 12.5 Å². The zero-order valence-electron chi connectivity index (χ0n) is 11.6. The van der Waals surface area contributed by atoms with Crippen LogP contribution in [0, 0.1) is 0 Å². The van der Waals surface area contributed by atoms with E-state index in [2.05, 4.69) is 17.6 Å². The zero-order chi connectivity index (χ0) is 15.1. The molecule has 0 saturated heterocycles. The largest absolute Gasteiger partial charge is 0.480 e. The topological polar surface area (TPSA) is 98.7 Å². The number of aryl methyl sites for hydroxylation is 1. The normalized spacial score (nSPS) is 13.3. The Morgan fingerprint density at radius 3 is 2.30 bits per heavy atom. The van der Waals surface area contributed by atoms with Gasteiger partial charge in [-0.25, -0.2) is 9.59 Å². The molecule has 110 valence electrons. The summed E-state index contributed by atoms with van der Waals surface area (Å²) in [6.07, 6.45) is 0.836. The van der Waals surface area contributed by atoms with Crippen molar-refractivity contribution in [3.8, 4) is 0 Å². The van der Waals surface area contributed by atoms with Crippen LogP contribution in [0.5, 0.6) is 0 Å². The van der Waals surface area contributed by atoms with E-state index in [1.54, 1.807) is 12.1 Å². The molecule has 6 nitrogen and oxygen atoms in total. The second kappa shape index (κ2) is 7.49. The summed E-state index contributed by atoms with van der Waals surface area (Å²) in [5.41, 5.74) is 1.74. The number of nitrogens with one attached hydrogen (secondary N) is 2. The van der Waals surface area contributed by atoms with Crippen molar-refractivity contribution in [2.75, 3.05) is 5.32 Å². The van der Waals surface area contributed by atoms with Crippen molar-refractivity contribution in [1.29, 1.82) is 0 Å². The summed E-state index contributed by atoms with van der Waals surface area (Å²) in [6, 6.07) is 5.31. The second-order valence-electron chi connectivity index (χ2n) is 4.60. The first-order chi connectivity index (χ1) is 9.43. The Morgan fingerprint density at radius 2 is 1.85 bits per heavy atom. The average molecular weight is 280 g/mol. The number of anilines is 1. The highest BCUT2D eigenvalue weighted by Gasteiger charge is 2.24. The fourth-order valence-electron chi connectivity index (χ4n) is 1.74. The number of hydrogen-bond acceptors (Lipinski definition) is 3. The predicted molar refractivity (Wildman–Crippen MR) is 75.7 cm³/mol. The van der Waals surface area contributed by atoms with E-state index in [1.807, 2.05) is 12.1 Å². The van der Waals surface area contributed by atoms with E-state index >= 15 is 0 Å². The molecular formula is C14H20N2O4. The molecule has 0 aliphatic heterocycles. The summed E-state index contributed by atoms with van der Waals surface area (Å²) in [7, 11) is 0. The van der Waals surface area contributed by atoms with Gasteiger partial charge < -0.3 is 20.8 Å². The van der Waals surface area contributed by atoms with Gasteiger partial charge in [0.05, 0.1) is 6.10 Å². The Bertz CT molecular complexity index is 457. The van der Waals surface area contributed by atoms with Crippen LogP contribution in [0.1, 0.15) is 25.8 Å². The standard InChI is InChI=1S/C14H20N2O4/c1-3-4-10-5-7-11(8-6-10)15-14(20)16-12(9(2)17)13(18)19/h5-9,12,17H,3-4H2,1-2H3,(H,18,19)(H2,15,16,20). The lowest BCUT2D eigenvalue weighted by Crippen LogP contribution is -2.49. The zero-order valence-corrected chi connectivity index (χ0v) is 11.6. The molecule has 6 heteroatoms. The predicted octanol–water partition coefficient (Wildman–Crippen LogP) is 1.59. The van der Waals surface area contributed by atoms with Gasteiger partial charge in [-0.3, -0.25) is 0 Å². The molecule has 0 radical (unpaired) electrons. The number of amides is 2. The highest BCUT2D eigenvalue weighted by molar-refractivity contribution is 5.92. The van der Waals surface area contributed by atoms with Gasteiger partial charge >= 0.3 is 12.0 Å². The third-order valence-electron chi connectivity index (χ3n) is 2.79. The molecule has 2 atom stereocenters. The summed E-state index contributed by atoms with van der Waals surface area (Å²) < 4.78 is 0. The van der Waals surface area contributed by atoms with Gasteiger partial charge in [-0.1, -0.05) is 25.5 Å². The molecule has 1 aromatic rings. The van der Waals surface area contributed by atoms with Gasteiger partial charge in [-0.15, -0.1) is 0 Å². The lowest BCUT2D eigenvalue weighted by molar-refractivity contribution is -0.141. The number of carbonyl (C=O) groups is 2. The Balaban J connectivity index is 2.59. The van der Waals surface area contributed by atoms with E-state index < -0.39 is 24.1 Å². The lowest BCUT2D eigenvalue weighted by Gasteiger charge is -2.17. The monoisotopic (exact) mass is 280 g/mol. The molecule has 0 bridgehead atoms. The summed E-state index contributed by atoms with van der Waals surface area (Å²) in [4.78, 5) is 22.5. The number of carboxylic acid groups (broad SMARTS) is 1. The van der Waals surface area contributed by atoms with Crippen molar-refractivity contribution in [2.45, 2.75) is 38.8 Å². The number of urea groups is 1. The van der Waals surface area contributed by atoms with Gasteiger partial charge in [0.1, 0.15) is 0 Å². The van der Waals surface area contributed by atoms with Crippen LogP contribution in [0.2, 0.25) is 0 Å². The Hall–Kier alpha value is -2.08. The molecule has 4 N–H and O–H groups in total. The van der Waals surface area contributed by atoms with Gasteiger partial charge in [-0.2, -0.15) is 0 Å². The van der Waals surface area contributed by atoms with Crippen LogP contribution in [0.15, 0.2) is 24.3 Å². The van der Waals surface area contributed by atoms with E-state index in [9.17, 15) is 14.7 Å². The Labute approximate surface area is 117 Å². The van der Waals surface area contributed by atoms with Crippen molar-refractivity contribution >= 4 is 17.7 Å². The quantitative estimate of drug-likeness (QED) is 0.636. The van der Waals surface area contributed by atoms with E-state index in [4.69, 9.17) is 5.11 Å². The Morgan fingerprint density at radius 1 is 1.25 bits per heavy atom. The first-order valence-corrected chi connectivity index (χ1v) is 6.51. The molecule has 0 spiro atoms. The van der Waals surface area contributed by atoms with Crippen molar-refractivity contribution in [3.63, 3.8) is 0 Å². The summed E-state index contributed by atoms with van der Waals surface area (Å²) in [5.74, 6) is -1.28. The first kappa shape index (κ1) is 16.0. The van der Waals surface area contributed by atoms with Gasteiger partial charge in [0.15, 0.2) is 6.04 Å². The minimum absolute atomic E-state index is 0.567. The van der Waals surface area contributed by atoms with Crippen molar-refractivity contribution in [1.82, 2.24) is 5.32 Å². The van der Waals surface area contributed by atoms with Gasteiger partial charge in [-0.05, 0) is 31.0 Å². The van der Waals surface area contributed by atoms with Crippen molar-refractivity contribution in [3.05, 3.63) is 29.8 Å².